The van der Waals surface area contributed by atoms with Gasteiger partial charge in [-0.1, -0.05) is 12.1 Å². The van der Waals surface area contributed by atoms with Crippen LogP contribution in [0.3, 0.4) is 0 Å². The fraction of sp³-hybridized carbons (Fsp3) is 0.375. The van der Waals surface area contributed by atoms with Crippen LogP contribution in [-0.4, -0.2) is 67.0 Å². The van der Waals surface area contributed by atoms with Gasteiger partial charge in [0.05, 0.1) is 24.9 Å². The smallest absolute Gasteiger partial charge is 0.338 e. The second-order valence-corrected chi connectivity index (χ2v) is 8.12. The van der Waals surface area contributed by atoms with Crippen molar-refractivity contribution in [1.29, 1.82) is 0 Å². The number of piperazine rings is 1. The van der Waals surface area contributed by atoms with E-state index in [1.807, 2.05) is 0 Å². The van der Waals surface area contributed by atoms with Gasteiger partial charge in [-0.2, -0.15) is 0 Å². The zero-order valence-electron chi connectivity index (χ0n) is 18.9. The number of halogens is 1. The van der Waals surface area contributed by atoms with E-state index < -0.39 is 18.0 Å². The van der Waals surface area contributed by atoms with Gasteiger partial charge in [0.15, 0.2) is 0 Å². The minimum atomic E-state index is -0.753. The molecule has 3 amide bonds. The molecule has 1 aromatic carbocycles. The van der Waals surface area contributed by atoms with Crippen LogP contribution >= 0.6 is 0 Å². The Kier molecular flexibility index (Phi) is 7.27. The average Bonchev–Trinajstić information content (AvgIpc) is 3.36. The van der Waals surface area contributed by atoms with E-state index in [1.165, 1.54) is 18.4 Å². The third-order valence-electron chi connectivity index (χ3n) is 5.85. The van der Waals surface area contributed by atoms with Gasteiger partial charge in [0.25, 0.3) is 0 Å². The van der Waals surface area contributed by atoms with Crippen molar-refractivity contribution in [3.63, 3.8) is 0 Å². The second kappa shape index (κ2) is 10.5. The maximum atomic E-state index is 13.1. The number of carbonyl (C=O) groups excluding carboxylic acids is 3. The molecule has 0 saturated carbocycles. The summed E-state index contributed by atoms with van der Waals surface area (Å²) in [6.45, 7) is 4.40. The monoisotopic (exact) mass is 470 g/mol. The molecule has 2 N–H and O–H groups in total. The first kappa shape index (κ1) is 23.5. The summed E-state index contributed by atoms with van der Waals surface area (Å²) < 4.78 is 23.8. The number of hydrogen-bond donors (Lipinski definition) is 2. The van der Waals surface area contributed by atoms with Crippen LogP contribution in [-0.2, 0) is 20.7 Å². The Balaban J connectivity index is 1.43. The molecule has 2 aliphatic heterocycles. The van der Waals surface area contributed by atoms with E-state index in [0.717, 1.165) is 5.56 Å². The standard InChI is InChI=1S/C24H27FN4O5/c1-2-33-23(31)21-18(26-24(32)27-22(21)19-4-3-13-34-19)15-28-9-11-29(12-10-28)20(30)14-16-5-7-17(25)8-6-16/h3-8,13,22H,2,9-12,14-15H2,1H3,(H2,26,27,32). The van der Waals surface area contributed by atoms with Crippen molar-refractivity contribution in [2.24, 2.45) is 0 Å². The van der Waals surface area contributed by atoms with Crippen molar-refractivity contribution in [1.82, 2.24) is 20.4 Å². The van der Waals surface area contributed by atoms with Gasteiger partial charge in [-0.25, -0.2) is 14.0 Å². The van der Waals surface area contributed by atoms with Crippen LogP contribution in [0, 0.1) is 5.82 Å². The molecule has 180 valence electrons. The zero-order chi connectivity index (χ0) is 24.1. The number of hydrogen-bond acceptors (Lipinski definition) is 6. The first-order valence-corrected chi connectivity index (χ1v) is 11.2. The van der Waals surface area contributed by atoms with Gasteiger partial charge in [-0.15, -0.1) is 0 Å². The van der Waals surface area contributed by atoms with E-state index in [1.54, 1.807) is 36.1 Å². The van der Waals surface area contributed by atoms with Gasteiger partial charge in [-0.3, -0.25) is 9.69 Å². The van der Waals surface area contributed by atoms with Crippen molar-refractivity contribution in [2.75, 3.05) is 39.3 Å². The van der Waals surface area contributed by atoms with E-state index in [-0.39, 0.29) is 24.8 Å². The van der Waals surface area contributed by atoms with Gasteiger partial charge < -0.3 is 24.7 Å². The molecule has 4 rings (SSSR count). The summed E-state index contributed by atoms with van der Waals surface area (Å²) in [5.41, 5.74) is 1.51. The Morgan fingerprint density at radius 2 is 1.88 bits per heavy atom. The van der Waals surface area contributed by atoms with Crippen LogP contribution in [0.5, 0.6) is 0 Å². The number of carbonyl (C=O) groups is 3. The largest absolute Gasteiger partial charge is 0.467 e. The van der Waals surface area contributed by atoms with Crippen LogP contribution in [0.25, 0.3) is 0 Å². The number of nitrogens with zero attached hydrogens (tertiary/aromatic N) is 2. The van der Waals surface area contributed by atoms with Crippen molar-refractivity contribution in [3.8, 4) is 0 Å². The highest BCUT2D eigenvalue weighted by Crippen LogP contribution is 2.28. The Hall–Kier alpha value is -3.66. The van der Waals surface area contributed by atoms with Gasteiger partial charge >= 0.3 is 12.0 Å². The lowest BCUT2D eigenvalue weighted by molar-refractivity contribution is -0.139. The van der Waals surface area contributed by atoms with Gasteiger partial charge in [0.2, 0.25) is 5.91 Å². The summed E-state index contributed by atoms with van der Waals surface area (Å²) >= 11 is 0. The second-order valence-electron chi connectivity index (χ2n) is 8.12. The minimum Gasteiger partial charge on any atom is -0.467 e. The molecule has 2 aliphatic rings. The molecule has 1 aromatic heterocycles. The normalized spacial score (nSPS) is 18.9. The third-order valence-corrected chi connectivity index (χ3v) is 5.85. The van der Waals surface area contributed by atoms with Crippen LogP contribution in [0.15, 0.2) is 58.3 Å². The molecule has 1 saturated heterocycles. The summed E-state index contributed by atoms with van der Waals surface area (Å²) in [6, 6.07) is 8.11. The number of amides is 3. The molecule has 2 aromatic rings. The number of esters is 1. The molecule has 0 bridgehead atoms. The molecule has 3 heterocycles. The van der Waals surface area contributed by atoms with Crippen molar-refractivity contribution < 1.29 is 27.9 Å². The van der Waals surface area contributed by atoms with Crippen LogP contribution in [0.2, 0.25) is 0 Å². The Morgan fingerprint density at radius 3 is 2.53 bits per heavy atom. The predicted molar refractivity (Wildman–Crippen MR) is 120 cm³/mol. The zero-order valence-corrected chi connectivity index (χ0v) is 18.9. The summed E-state index contributed by atoms with van der Waals surface area (Å²) in [6.07, 6.45) is 1.69. The predicted octanol–water partition coefficient (Wildman–Crippen LogP) is 1.98. The molecule has 1 fully saturated rings. The lowest BCUT2D eigenvalue weighted by atomic mass is 9.99. The van der Waals surface area contributed by atoms with Crippen molar-refractivity contribution in [3.05, 3.63) is 71.1 Å². The highest BCUT2D eigenvalue weighted by Gasteiger charge is 2.36. The molecular weight excluding hydrogens is 443 g/mol. The molecule has 10 heteroatoms. The van der Waals surface area contributed by atoms with E-state index in [4.69, 9.17) is 9.15 Å². The topological polar surface area (TPSA) is 104 Å². The van der Waals surface area contributed by atoms with E-state index in [0.29, 0.717) is 49.8 Å². The average molecular weight is 471 g/mol. The molecule has 34 heavy (non-hydrogen) atoms. The Morgan fingerprint density at radius 1 is 1.15 bits per heavy atom. The maximum Gasteiger partial charge on any atom is 0.338 e. The van der Waals surface area contributed by atoms with E-state index in [2.05, 4.69) is 15.5 Å². The summed E-state index contributed by atoms with van der Waals surface area (Å²) in [5.74, 6) is -0.447. The number of benzene rings is 1. The highest BCUT2D eigenvalue weighted by molar-refractivity contribution is 5.95. The van der Waals surface area contributed by atoms with Gasteiger partial charge in [0, 0.05) is 38.4 Å². The lowest BCUT2D eigenvalue weighted by Gasteiger charge is -2.36. The fourth-order valence-corrected chi connectivity index (χ4v) is 4.13. The van der Waals surface area contributed by atoms with Crippen LogP contribution in [0.1, 0.15) is 24.3 Å². The first-order valence-electron chi connectivity index (χ1n) is 11.2. The molecule has 1 unspecified atom stereocenters. The number of ether oxygens (including phenoxy) is 1. The fourth-order valence-electron chi connectivity index (χ4n) is 4.13. The Labute approximate surface area is 196 Å². The van der Waals surface area contributed by atoms with Gasteiger partial charge in [0.1, 0.15) is 17.6 Å². The molecule has 1 atom stereocenters. The molecule has 9 nitrogen and oxygen atoms in total. The van der Waals surface area contributed by atoms with Crippen LogP contribution in [0.4, 0.5) is 9.18 Å². The number of rotatable bonds is 7. The number of urea groups is 1. The third kappa shape index (κ3) is 5.45. The van der Waals surface area contributed by atoms with E-state index >= 15 is 0 Å². The van der Waals surface area contributed by atoms with Crippen LogP contribution < -0.4 is 10.6 Å². The number of nitrogens with one attached hydrogen (secondary N) is 2. The summed E-state index contributed by atoms with van der Waals surface area (Å²) in [5, 5.41) is 5.48. The van der Waals surface area contributed by atoms with Gasteiger partial charge in [-0.05, 0) is 36.8 Å². The summed E-state index contributed by atoms with van der Waals surface area (Å²) in [4.78, 5) is 41.6. The van der Waals surface area contributed by atoms with Crippen molar-refractivity contribution >= 4 is 17.9 Å². The Bertz CT molecular complexity index is 1060. The first-order chi connectivity index (χ1) is 16.4. The van der Waals surface area contributed by atoms with E-state index in [9.17, 15) is 18.8 Å². The van der Waals surface area contributed by atoms with Crippen molar-refractivity contribution in [2.45, 2.75) is 19.4 Å². The molecule has 0 aliphatic carbocycles. The SMILES string of the molecule is CCOC(=O)C1=C(CN2CCN(C(=O)Cc3ccc(F)cc3)CC2)NC(=O)NC1c1ccco1. The molecule has 0 radical (unpaired) electrons. The number of furan rings is 1. The highest BCUT2D eigenvalue weighted by atomic mass is 19.1. The minimum absolute atomic E-state index is 0.0225. The lowest BCUT2D eigenvalue weighted by Crippen LogP contribution is -2.52. The summed E-state index contributed by atoms with van der Waals surface area (Å²) in [7, 11) is 0. The maximum absolute atomic E-state index is 13.1. The molecular formula is C24H27FN4O5. The quantitative estimate of drug-likeness (QED) is 0.600. The molecule has 0 spiro atoms.